The van der Waals surface area contributed by atoms with Crippen LogP contribution in [0.3, 0.4) is 0 Å². The van der Waals surface area contributed by atoms with E-state index in [4.69, 9.17) is 0 Å². The highest BCUT2D eigenvalue weighted by atomic mass is 16.3. The summed E-state index contributed by atoms with van der Waals surface area (Å²) < 4.78 is 0. The molecular formula is C61H114O4. The van der Waals surface area contributed by atoms with Crippen LogP contribution >= 0.6 is 0 Å². The van der Waals surface area contributed by atoms with Crippen molar-refractivity contribution in [2.24, 2.45) is 0 Å². The molecule has 4 fully saturated rings. The van der Waals surface area contributed by atoms with Gasteiger partial charge in [-0.25, -0.2) is 0 Å². The van der Waals surface area contributed by atoms with E-state index in [1.54, 1.807) is 24.3 Å². The normalized spacial score (nSPS) is 24.8. The molecule has 4 aliphatic carbocycles. The first-order valence-corrected chi connectivity index (χ1v) is 29.0. The first-order valence-electron chi connectivity index (χ1n) is 29.0. The van der Waals surface area contributed by atoms with Crippen LogP contribution in [0.1, 0.15) is 315 Å². The Morgan fingerprint density at radius 1 is 0.169 bits per heavy atom. The second-order valence-electron chi connectivity index (χ2n) is 21.7. The zero-order valence-corrected chi connectivity index (χ0v) is 43.6. The second-order valence-corrected chi connectivity index (χ2v) is 21.7. The van der Waals surface area contributed by atoms with E-state index in [9.17, 15) is 20.4 Å². The van der Waals surface area contributed by atoms with E-state index in [1.165, 1.54) is 212 Å². The lowest BCUT2D eigenvalue weighted by Gasteiger charge is -2.24. The standard InChI is InChI=1S/C17H32O.C16H30O.C15H28O.C13H24O/c1-2-17(18)15-13-11-9-7-5-3-4-6-8-10-12-14-16-17;1-2-16(17)14-12-10-8-6-4-3-5-7-9-11-13-15-16;1-2-15(16)13-11-9-7-5-3-4-6-8-10-12-14-15;1-2-13(14)11-9-7-5-3-4-6-8-10-12-13/h2,18H,1,3-16H2;2,17H,1,3-15H2;2,16H,1,3-14H2;2,14H,1,3-12H2. The lowest BCUT2D eigenvalue weighted by Crippen LogP contribution is -2.25. The van der Waals surface area contributed by atoms with Gasteiger partial charge in [0.25, 0.3) is 0 Å². The van der Waals surface area contributed by atoms with Crippen molar-refractivity contribution in [1.82, 2.24) is 0 Å². The van der Waals surface area contributed by atoms with Crippen LogP contribution in [0.4, 0.5) is 0 Å². The lowest BCUT2D eigenvalue weighted by atomic mass is 9.89. The summed E-state index contributed by atoms with van der Waals surface area (Å²) in [4.78, 5) is 0. The zero-order chi connectivity index (χ0) is 47.5. The number of rotatable bonds is 4. The molecule has 0 bridgehead atoms. The fourth-order valence-electron chi connectivity index (χ4n) is 10.6. The Hall–Kier alpha value is -1.20. The molecule has 0 amide bonds. The van der Waals surface area contributed by atoms with Crippen molar-refractivity contribution in [2.75, 3.05) is 0 Å². The van der Waals surface area contributed by atoms with Crippen molar-refractivity contribution in [1.29, 1.82) is 0 Å². The maximum atomic E-state index is 10.4. The van der Waals surface area contributed by atoms with Gasteiger partial charge in [0.2, 0.25) is 0 Å². The van der Waals surface area contributed by atoms with Gasteiger partial charge in [-0.05, 0) is 51.4 Å². The summed E-state index contributed by atoms with van der Waals surface area (Å²) in [5.41, 5.74) is -2.30. The fourth-order valence-corrected chi connectivity index (χ4v) is 10.6. The second kappa shape index (κ2) is 41.7. The number of hydrogen-bond acceptors (Lipinski definition) is 4. The van der Waals surface area contributed by atoms with E-state index >= 15 is 0 Å². The van der Waals surface area contributed by atoms with Crippen LogP contribution in [-0.2, 0) is 0 Å². The predicted octanol–water partition coefficient (Wildman–Crippen LogP) is 18.8. The van der Waals surface area contributed by atoms with Gasteiger partial charge in [0, 0.05) is 0 Å². The molecule has 382 valence electrons. The monoisotopic (exact) mass is 911 g/mol. The third-order valence-corrected chi connectivity index (χ3v) is 15.6. The predicted molar refractivity (Wildman–Crippen MR) is 287 cm³/mol. The van der Waals surface area contributed by atoms with Gasteiger partial charge in [-0.15, -0.1) is 26.3 Å². The minimum absolute atomic E-state index is 0.565. The molecule has 0 radical (unpaired) electrons. The molecule has 0 aliphatic heterocycles. The average molecular weight is 912 g/mol. The van der Waals surface area contributed by atoms with Gasteiger partial charge < -0.3 is 20.4 Å². The van der Waals surface area contributed by atoms with Crippen LogP contribution in [0.15, 0.2) is 50.6 Å². The van der Waals surface area contributed by atoms with Gasteiger partial charge >= 0.3 is 0 Å². The molecule has 0 aromatic carbocycles. The molecule has 4 saturated carbocycles. The summed E-state index contributed by atoms with van der Waals surface area (Å²) in [5.74, 6) is 0. The molecule has 0 spiro atoms. The van der Waals surface area contributed by atoms with Gasteiger partial charge in [-0.2, -0.15) is 0 Å². The highest BCUT2D eigenvalue weighted by Gasteiger charge is 2.24. The minimum Gasteiger partial charge on any atom is -0.386 e. The Balaban J connectivity index is 0.000000435. The van der Waals surface area contributed by atoms with Crippen LogP contribution in [0, 0.1) is 0 Å². The number of aliphatic hydroxyl groups is 4. The van der Waals surface area contributed by atoms with Crippen LogP contribution in [0.25, 0.3) is 0 Å². The van der Waals surface area contributed by atoms with Crippen LogP contribution in [-0.4, -0.2) is 42.8 Å². The van der Waals surface area contributed by atoms with Crippen molar-refractivity contribution in [2.45, 2.75) is 337 Å². The van der Waals surface area contributed by atoms with Crippen LogP contribution in [0.5, 0.6) is 0 Å². The molecule has 4 N–H and O–H groups in total. The first-order chi connectivity index (χ1) is 31.6. The molecular weight excluding hydrogens is 797 g/mol. The maximum Gasteiger partial charge on any atom is 0.0825 e. The molecule has 0 unspecified atom stereocenters. The number of hydrogen-bond donors (Lipinski definition) is 4. The van der Waals surface area contributed by atoms with Crippen LogP contribution in [0.2, 0.25) is 0 Å². The summed E-state index contributed by atoms with van der Waals surface area (Å²) in [5, 5.41) is 41.3. The van der Waals surface area contributed by atoms with Gasteiger partial charge in [0.05, 0.1) is 22.4 Å². The topological polar surface area (TPSA) is 80.9 Å². The molecule has 4 aliphatic rings. The quantitative estimate of drug-likeness (QED) is 0.212. The largest absolute Gasteiger partial charge is 0.386 e. The van der Waals surface area contributed by atoms with E-state index in [2.05, 4.69) is 26.3 Å². The third-order valence-electron chi connectivity index (χ3n) is 15.6. The van der Waals surface area contributed by atoms with E-state index in [1.807, 2.05) is 0 Å². The first kappa shape index (κ1) is 61.8. The van der Waals surface area contributed by atoms with Gasteiger partial charge in [0.1, 0.15) is 0 Å². The van der Waals surface area contributed by atoms with E-state index in [0.717, 1.165) is 103 Å². The molecule has 4 nitrogen and oxygen atoms in total. The maximum absolute atomic E-state index is 10.4. The van der Waals surface area contributed by atoms with Crippen molar-refractivity contribution in [3.8, 4) is 0 Å². The molecule has 0 saturated heterocycles. The third kappa shape index (κ3) is 36.5. The molecule has 0 aromatic rings. The Labute approximate surface area is 406 Å². The Bertz CT molecular complexity index is 1040. The molecule has 0 heterocycles. The minimum atomic E-state index is -0.583. The van der Waals surface area contributed by atoms with Gasteiger partial charge in [0.15, 0.2) is 0 Å². The Kier molecular flexibility index (Phi) is 39.7. The smallest absolute Gasteiger partial charge is 0.0825 e. The summed E-state index contributed by atoms with van der Waals surface area (Å²) >= 11 is 0. The average Bonchev–Trinajstić information content (AvgIpc) is 3.35. The molecule has 65 heavy (non-hydrogen) atoms. The molecule has 4 heteroatoms. The lowest BCUT2D eigenvalue weighted by molar-refractivity contribution is 0.0661. The van der Waals surface area contributed by atoms with Gasteiger partial charge in [-0.1, -0.05) is 288 Å². The van der Waals surface area contributed by atoms with Crippen LogP contribution < -0.4 is 0 Å². The van der Waals surface area contributed by atoms with Crippen molar-refractivity contribution in [3.05, 3.63) is 50.6 Å². The van der Waals surface area contributed by atoms with Crippen molar-refractivity contribution < 1.29 is 20.4 Å². The molecule has 0 atom stereocenters. The van der Waals surface area contributed by atoms with E-state index in [-0.39, 0.29) is 0 Å². The fraction of sp³-hybridized carbons (Fsp3) is 0.869. The van der Waals surface area contributed by atoms with Crippen molar-refractivity contribution >= 4 is 0 Å². The van der Waals surface area contributed by atoms with E-state index in [0.29, 0.717) is 0 Å². The zero-order valence-electron chi connectivity index (χ0n) is 43.6. The summed E-state index contributed by atoms with van der Waals surface area (Å²) in [6, 6.07) is 0. The van der Waals surface area contributed by atoms with Gasteiger partial charge in [-0.3, -0.25) is 0 Å². The SMILES string of the molecule is C=CC1(O)CCCCCCCCCC1.C=CC1(O)CCCCCCCCCCCC1.C=CC1(O)CCCCCCCCCCCCC1.C=CC1(O)CCCCCCCCCCCCCC1. The highest BCUT2D eigenvalue weighted by molar-refractivity contribution is 4.97. The molecule has 0 aromatic heterocycles. The summed E-state index contributed by atoms with van der Waals surface area (Å²) in [6.45, 7) is 15.2. The van der Waals surface area contributed by atoms with E-state index < -0.39 is 22.4 Å². The Morgan fingerprint density at radius 2 is 0.246 bits per heavy atom. The Morgan fingerprint density at radius 3 is 0.323 bits per heavy atom. The summed E-state index contributed by atoms with van der Waals surface area (Å²) in [7, 11) is 0. The summed E-state index contributed by atoms with van der Waals surface area (Å²) in [6.07, 6.45) is 68.3. The molecule has 4 rings (SSSR count). The van der Waals surface area contributed by atoms with Crippen molar-refractivity contribution in [3.63, 3.8) is 0 Å². The highest BCUT2D eigenvalue weighted by Crippen LogP contribution is 2.29.